The van der Waals surface area contributed by atoms with E-state index >= 15 is 0 Å². The average Bonchev–Trinajstić information content (AvgIpc) is 2.56. The van der Waals surface area contributed by atoms with Gasteiger partial charge in [0.1, 0.15) is 6.54 Å². The summed E-state index contributed by atoms with van der Waals surface area (Å²) in [5, 5.41) is 6.57. The van der Waals surface area contributed by atoms with Crippen LogP contribution in [0.3, 0.4) is 0 Å². The van der Waals surface area contributed by atoms with Gasteiger partial charge in [0.2, 0.25) is 5.91 Å². The number of piperidine rings is 1. The van der Waals surface area contributed by atoms with E-state index in [0.717, 1.165) is 51.5 Å². The van der Waals surface area contributed by atoms with Crippen molar-refractivity contribution in [3.63, 3.8) is 0 Å². The summed E-state index contributed by atoms with van der Waals surface area (Å²) in [4.78, 5) is 21.1. The molecule has 140 valence electrons. The van der Waals surface area contributed by atoms with Gasteiger partial charge >= 0.3 is 0 Å². The molecule has 1 amide bonds. The summed E-state index contributed by atoms with van der Waals surface area (Å²) in [5.41, 5.74) is 0. The van der Waals surface area contributed by atoms with E-state index in [9.17, 15) is 4.79 Å². The quantitative estimate of drug-likeness (QED) is 0.522. The third-order valence-electron chi connectivity index (χ3n) is 4.41. The number of likely N-dealkylation sites (tertiary alicyclic amines) is 1. The molecule has 1 saturated heterocycles. The maximum Gasteiger partial charge on any atom is 0.244 e. The van der Waals surface area contributed by atoms with Crippen molar-refractivity contribution < 1.29 is 4.79 Å². The zero-order valence-corrected chi connectivity index (χ0v) is 16.3. The zero-order valence-electron chi connectivity index (χ0n) is 16.3. The summed E-state index contributed by atoms with van der Waals surface area (Å²) >= 11 is 0. The van der Waals surface area contributed by atoms with Crippen molar-refractivity contribution in [2.24, 2.45) is 4.99 Å². The van der Waals surface area contributed by atoms with Crippen molar-refractivity contribution in [3.8, 4) is 0 Å². The van der Waals surface area contributed by atoms with E-state index in [1.807, 2.05) is 11.8 Å². The van der Waals surface area contributed by atoms with E-state index in [2.05, 4.69) is 48.2 Å². The lowest BCUT2D eigenvalue weighted by atomic mass is 10.1. The SMILES string of the molecule is CCNC(=NCC(=O)N1CCCCC1)NCCN(C(C)C)C(C)C. The van der Waals surface area contributed by atoms with Crippen molar-refractivity contribution in [1.82, 2.24) is 20.4 Å². The molecule has 0 radical (unpaired) electrons. The van der Waals surface area contributed by atoms with E-state index in [-0.39, 0.29) is 12.5 Å². The molecular weight excluding hydrogens is 302 g/mol. The number of hydrogen-bond donors (Lipinski definition) is 2. The van der Waals surface area contributed by atoms with Crippen LogP contribution in [0.5, 0.6) is 0 Å². The molecule has 1 aliphatic rings. The molecule has 24 heavy (non-hydrogen) atoms. The molecule has 1 aliphatic heterocycles. The van der Waals surface area contributed by atoms with Crippen LogP contribution in [0.25, 0.3) is 0 Å². The number of hydrogen-bond acceptors (Lipinski definition) is 3. The lowest BCUT2D eigenvalue weighted by Gasteiger charge is -2.30. The highest BCUT2D eigenvalue weighted by atomic mass is 16.2. The van der Waals surface area contributed by atoms with Crippen LogP contribution in [-0.4, -0.2) is 73.0 Å². The van der Waals surface area contributed by atoms with Gasteiger partial charge in [-0.05, 0) is 53.9 Å². The van der Waals surface area contributed by atoms with E-state index in [4.69, 9.17) is 0 Å². The van der Waals surface area contributed by atoms with Gasteiger partial charge in [-0.2, -0.15) is 0 Å². The average molecular weight is 340 g/mol. The number of aliphatic imine (C=N–C) groups is 1. The Bertz CT molecular complexity index is 381. The molecule has 0 bridgehead atoms. The number of guanidine groups is 1. The molecule has 0 aliphatic carbocycles. The van der Waals surface area contributed by atoms with Crippen LogP contribution in [0.1, 0.15) is 53.9 Å². The minimum atomic E-state index is 0.137. The molecule has 6 heteroatoms. The van der Waals surface area contributed by atoms with Gasteiger partial charge in [-0.1, -0.05) is 0 Å². The fourth-order valence-corrected chi connectivity index (χ4v) is 3.15. The molecule has 0 aromatic carbocycles. The van der Waals surface area contributed by atoms with Crippen LogP contribution in [0.4, 0.5) is 0 Å². The summed E-state index contributed by atoms with van der Waals surface area (Å²) < 4.78 is 0. The first-order chi connectivity index (χ1) is 11.5. The van der Waals surface area contributed by atoms with Crippen molar-refractivity contribution in [2.45, 2.75) is 66.0 Å². The van der Waals surface area contributed by atoms with Crippen molar-refractivity contribution >= 4 is 11.9 Å². The Morgan fingerprint density at radius 1 is 1.08 bits per heavy atom. The van der Waals surface area contributed by atoms with E-state index < -0.39 is 0 Å². The Kier molecular flexibility index (Phi) is 9.76. The molecule has 6 nitrogen and oxygen atoms in total. The van der Waals surface area contributed by atoms with Crippen molar-refractivity contribution in [2.75, 3.05) is 39.3 Å². The lowest BCUT2D eigenvalue weighted by molar-refractivity contribution is -0.130. The number of rotatable bonds is 8. The molecule has 0 saturated carbocycles. The molecule has 1 fully saturated rings. The van der Waals surface area contributed by atoms with Gasteiger partial charge in [-0.3, -0.25) is 9.69 Å². The van der Waals surface area contributed by atoms with E-state index in [0.29, 0.717) is 12.1 Å². The molecule has 0 spiro atoms. The second-order valence-corrected chi connectivity index (χ2v) is 6.99. The third kappa shape index (κ3) is 7.51. The topological polar surface area (TPSA) is 60.0 Å². The van der Waals surface area contributed by atoms with Gasteiger partial charge < -0.3 is 15.5 Å². The summed E-state index contributed by atoms with van der Waals surface area (Å²) in [5.74, 6) is 0.869. The fraction of sp³-hybridized carbons (Fsp3) is 0.889. The maximum atomic E-state index is 12.2. The Balaban J connectivity index is 2.45. The Labute approximate surface area is 148 Å². The Morgan fingerprint density at radius 3 is 2.25 bits per heavy atom. The van der Waals surface area contributed by atoms with Gasteiger partial charge in [-0.15, -0.1) is 0 Å². The highest BCUT2D eigenvalue weighted by Gasteiger charge is 2.16. The lowest BCUT2D eigenvalue weighted by Crippen LogP contribution is -2.45. The molecule has 0 atom stereocenters. The van der Waals surface area contributed by atoms with Crippen LogP contribution in [0, 0.1) is 0 Å². The van der Waals surface area contributed by atoms with E-state index in [1.54, 1.807) is 0 Å². The molecule has 1 rings (SSSR count). The van der Waals surface area contributed by atoms with E-state index in [1.165, 1.54) is 6.42 Å². The Morgan fingerprint density at radius 2 is 1.71 bits per heavy atom. The minimum absolute atomic E-state index is 0.137. The molecule has 2 N–H and O–H groups in total. The van der Waals surface area contributed by atoms with Crippen molar-refractivity contribution in [1.29, 1.82) is 0 Å². The van der Waals surface area contributed by atoms with Gasteiger partial charge in [0, 0.05) is 44.8 Å². The first-order valence-corrected chi connectivity index (χ1v) is 9.51. The van der Waals surface area contributed by atoms with Crippen LogP contribution in [0.2, 0.25) is 0 Å². The predicted molar refractivity (Wildman–Crippen MR) is 101 cm³/mol. The number of nitrogens with one attached hydrogen (secondary N) is 2. The van der Waals surface area contributed by atoms with Crippen LogP contribution >= 0.6 is 0 Å². The van der Waals surface area contributed by atoms with Gasteiger partial charge in [0.25, 0.3) is 0 Å². The van der Waals surface area contributed by atoms with Gasteiger partial charge in [0.05, 0.1) is 0 Å². The van der Waals surface area contributed by atoms with Crippen LogP contribution in [0.15, 0.2) is 4.99 Å². The molecule has 1 heterocycles. The second-order valence-electron chi connectivity index (χ2n) is 6.99. The standard InChI is InChI=1S/C18H37N5O/c1-6-19-18(20-10-13-23(15(2)3)16(4)5)21-14-17(24)22-11-8-7-9-12-22/h15-16H,6-14H2,1-5H3,(H2,19,20,21). The Hall–Kier alpha value is -1.30. The first-order valence-electron chi connectivity index (χ1n) is 9.51. The van der Waals surface area contributed by atoms with Gasteiger partial charge in [-0.25, -0.2) is 4.99 Å². The summed E-state index contributed by atoms with van der Waals surface area (Å²) in [6, 6.07) is 1.04. The second kappa shape index (κ2) is 11.3. The predicted octanol–water partition coefficient (Wildman–Crippen LogP) is 1.67. The smallest absolute Gasteiger partial charge is 0.244 e. The van der Waals surface area contributed by atoms with Gasteiger partial charge in [0.15, 0.2) is 5.96 Å². The number of carbonyl (C=O) groups excluding carboxylic acids is 1. The van der Waals surface area contributed by atoms with Crippen LogP contribution in [-0.2, 0) is 4.79 Å². The fourth-order valence-electron chi connectivity index (χ4n) is 3.15. The molecule has 0 aromatic heterocycles. The number of nitrogens with zero attached hydrogens (tertiary/aromatic N) is 3. The first kappa shape index (κ1) is 20.7. The number of carbonyl (C=O) groups is 1. The largest absolute Gasteiger partial charge is 0.357 e. The maximum absolute atomic E-state index is 12.2. The molecular formula is C18H37N5O. The zero-order chi connectivity index (χ0) is 17.9. The van der Waals surface area contributed by atoms with Crippen LogP contribution < -0.4 is 10.6 Å². The third-order valence-corrected chi connectivity index (χ3v) is 4.41. The normalized spacial score (nSPS) is 16.2. The summed E-state index contributed by atoms with van der Waals surface area (Å²) in [6.45, 7) is 15.5. The monoisotopic (exact) mass is 339 g/mol. The number of amides is 1. The molecule has 0 aromatic rings. The minimum Gasteiger partial charge on any atom is -0.357 e. The summed E-state index contributed by atoms with van der Waals surface area (Å²) in [7, 11) is 0. The molecule has 0 unspecified atom stereocenters. The summed E-state index contributed by atoms with van der Waals surface area (Å²) in [6.07, 6.45) is 3.47. The highest BCUT2D eigenvalue weighted by Crippen LogP contribution is 2.08. The van der Waals surface area contributed by atoms with Crippen molar-refractivity contribution in [3.05, 3.63) is 0 Å². The highest BCUT2D eigenvalue weighted by molar-refractivity contribution is 5.85.